The first-order valence-electron chi connectivity index (χ1n) is 15.2. The Morgan fingerprint density at radius 3 is 2.40 bits per heavy atom. The van der Waals surface area contributed by atoms with Crippen LogP contribution in [0.1, 0.15) is 78.3 Å². The fraction of sp³-hybridized carbons (Fsp3) is 0.500. The number of ether oxygens (including phenoxy) is 3. The zero-order chi connectivity index (χ0) is 30.1. The van der Waals surface area contributed by atoms with E-state index in [0.717, 1.165) is 18.4 Å². The van der Waals surface area contributed by atoms with E-state index in [4.69, 9.17) is 14.2 Å². The van der Waals surface area contributed by atoms with Crippen molar-refractivity contribution in [3.05, 3.63) is 70.7 Å². The molecule has 3 heterocycles. The minimum Gasteiger partial charge on any atom is -0.493 e. The molecule has 0 unspecified atom stereocenters. The summed E-state index contributed by atoms with van der Waals surface area (Å²) in [6.45, 7) is 6.07. The van der Waals surface area contributed by atoms with Gasteiger partial charge in [-0.1, -0.05) is 18.2 Å². The normalized spacial score (nSPS) is 31.7. The number of methoxy groups -OCH3 is 1. The molecular formula is C34H35FN2O6. The number of carbonyl (C=O) groups excluding carboxylic acids is 3. The third-order valence-electron chi connectivity index (χ3n) is 10.5. The molecule has 0 N–H and O–H groups in total. The van der Waals surface area contributed by atoms with E-state index in [2.05, 4.69) is 4.90 Å². The molecule has 1 spiro atoms. The SMILES string of the molecule is COc1ccc2c3c1O[C@H]1[C@H](N4C(=O)c5ccccc5C4=O)CC[C@@]4(OC(=O)C(C)(C)C)[C@@H](C2)N(CC2CC2)C=C(F)[C@]314. The highest BCUT2D eigenvalue weighted by Crippen LogP contribution is 2.69. The van der Waals surface area contributed by atoms with Crippen molar-refractivity contribution in [1.29, 1.82) is 0 Å². The quantitative estimate of drug-likeness (QED) is 0.362. The van der Waals surface area contributed by atoms with E-state index in [-0.39, 0.29) is 12.5 Å². The molecule has 6 aliphatic rings. The first kappa shape index (κ1) is 26.7. The molecule has 8 rings (SSSR count). The maximum atomic E-state index is 17.5. The molecule has 2 aromatic rings. The Bertz CT molecular complexity index is 1610. The number of halogens is 1. The van der Waals surface area contributed by atoms with Crippen LogP contribution in [0, 0.1) is 11.3 Å². The van der Waals surface area contributed by atoms with Crippen molar-refractivity contribution in [1.82, 2.24) is 9.80 Å². The maximum Gasteiger partial charge on any atom is 0.311 e. The Morgan fingerprint density at radius 2 is 1.77 bits per heavy atom. The van der Waals surface area contributed by atoms with Crippen LogP contribution in [0.4, 0.5) is 4.39 Å². The number of nitrogens with zero attached hydrogens (tertiary/aromatic N) is 2. The van der Waals surface area contributed by atoms with Crippen molar-refractivity contribution in [3.8, 4) is 11.5 Å². The number of amides is 2. The van der Waals surface area contributed by atoms with E-state index in [1.807, 2.05) is 12.1 Å². The second-order valence-electron chi connectivity index (χ2n) is 14.0. The predicted octanol–water partition coefficient (Wildman–Crippen LogP) is 4.94. The molecule has 2 fully saturated rings. The Morgan fingerprint density at radius 1 is 1.07 bits per heavy atom. The van der Waals surface area contributed by atoms with Crippen molar-refractivity contribution in [2.45, 2.75) is 82.1 Å². The number of fused-ring (bicyclic) bond motifs is 1. The van der Waals surface area contributed by atoms with Gasteiger partial charge < -0.3 is 19.1 Å². The number of benzene rings is 2. The van der Waals surface area contributed by atoms with E-state index >= 15 is 4.39 Å². The van der Waals surface area contributed by atoms with Crippen molar-refractivity contribution < 1.29 is 33.0 Å². The van der Waals surface area contributed by atoms with Gasteiger partial charge in [-0.15, -0.1) is 0 Å². The smallest absolute Gasteiger partial charge is 0.311 e. The molecule has 2 aromatic carbocycles. The van der Waals surface area contributed by atoms with Crippen molar-refractivity contribution in [2.75, 3.05) is 13.7 Å². The number of esters is 1. The molecule has 2 bridgehead atoms. The van der Waals surface area contributed by atoms with Gasteiger partial charge in [0, 0.05) is 18.3 Å². The molecule has 3 aliphatic carbocycles. The third kappa shape index (κ3) is 3.28. The first-order valence-corrected chi connectivity index (χ1v) is 15.2. The number of carbonyl (C=O) groups is 3. The number of rotatable bonds is 5. The summed E-state index contributed by atoms with van der Waals surface area (Å²) in [4.78, 5) is 44.7. The molecule has 0 saturated heterocycles. The molecule has 8 nitrogen and oxygen atoms in total. The first-order chi connectivity index (χ1) is 20.5. The fourth-order valence-electron chi connectivity index (χ4n) is 8.43. The third-order valence-corrected chi connectivity index (χ3v) is 10.5. The van der Waals surface area contributed by atoms with E-state index in [0.29, 0.717) is 53.5 Å². The zero-order valence-corrected chi connectivity index (χ0v) is 24.8. The summed E-state index contributed by atoms with van der Waals surface area (Å²) >= 11 is 0. The monoisotopic (exact) mass is 586 g/mol. The van der Waals surface area contributed by atoms with Gasteiger partial charge in [-0.25, -0.2) is 4.39 Å². The van der Waals surface area contributed by atoms with Crippen molar-refractivity contribution >= 4 is 17.8 Å². The van der Waals surface area contributed by atoms with Crippen molar-refractivity contribution in [2.24, 2.45) is 11.3 Å². The molecule has 2 amide bonds. The maximum absolute atomic E-state index is 17.5. The molecule has 9 heteroatoms. The second kappa shape index (κ2) is 8.61. The van der Waals surface area contributed by atoms with E-state index in [9.17, 15) is 14.4 Å². The van der Waals surface area contributed by atoms with Crippen LogP contribution in [0.15, 0.2) is 48.4 Å². The summed E-state index contributed by atoms with van der Waals surface area (Å²) in [7, 11) is 1.53. The van der Waals surface area contributed by atoms with Gasteiger partial charge in [0.15, 0.2) is 17.1 Å². The molecule has 3 aliphatic heterocycles. The number of hydrogen-bond donors (Lipinski definition) is 0. The minimum absolute atomic E-state index is 0.260. The van der Waals surface area contributed by atoms with Crippen LogP contribution < -0.4 is 9.47 Å². The molecular weight excluding hydrogens is 551 g/mol. The van der Waals surface area contributed by atoms with Crippen LogP contribution in [-0.4, -0.2) is 65.0 Å². The topological polar surface area (TPSA) is 85.4 Å². The molecule has 43 heavy (non-hydrogen) atoms. The lowest BCUT2D eigenvalue weighted by Crippen LogP contribution is -2.78. The van der Waals surface area contributed by atoms with Gasteiger partial charge in [-0.2, -0.15) is 0 Å². The predicted molar refractivity (Wildman–Crippen MR) is 153 cm³/mol. The van der Waals surface area contributed by atoms with Crippen LogP contribution in [0.5, 0.6) is 11.5 Å². The lowest BCUT2D eigenvalue weighted by atomic mass is 9.49. The van der Waals surface area contributed by atoms with Gasteiger partial charge in [0.05, 0.1) is 35.7 Å². The molecule has 0 aromatic heterocycles. The average Bonchev–Trinajstić information content (AvgIpc) is 3.66. The van der Waals surface area contributed by atoms with Gasteiger partial charge >= 0.3 is 5.97 Å². The van der Waals surface area contributed by atoms with Crippen LogP contribution in [0.3, 0.4) is 0 Å². The van der Waals surface area contributed by atoms with Gasteiger partial charge in [0.25, 0.3) is 11.8 Å². The Hall–Kier alpha value is -3.88. The zero-order valence-electron chi connectivity index (χ0n) is 24.8. The van der Waals surface area contributed by atoms with Gasteiger partial charge in [-0.05, 0) is 82.6 Å². The molecule has 224 valence electrons. The van der Waals surface area contributed by atoms with E-state index < -0.39 is 52.2 Å². The molecule has 5 atom stereocenters. The number of imide groups is 1. The lowest BCUT2D eigenvalue weighted by Gasteiger charge is -2.64. The molecule has 0 radical (unpaired) electrons. The van der Waals surface area contributed by atoms with Crippen molar-refractivity contribution in [3.63, 3.8) is 0 Å². The van der Waals surface area contributed by atoms with Gasteiger partial charge in [-0.3, -0.25) is 19.3 Å². The number of hydrogen-bond acceptors (Lipinski definition) is 7. The van der Waals surface area contributed by atoms with E-state index in [1.54, 1.807) is 51.2 Å². The fourth-order valence-corrected chi connectivity index (χ4v) is 8.43. The highest BCUT2D eigenvalue weighted by atomic mass is 19.1. The summed E-state index contributed by atoms with van der Waals surface area (Å²) < 4.78 is 36.7. The Labute approximate surface area is 249 Å². The highest BCUT2D eigenvalue weighted by molar-refractivity contribution is 6.21. The Kier molecular flexibility index (Phi) is 5.35. The largest absolute Gasteiger partial charge is 0.493 e. The minimum atomic E-state index is -1.56. The Balaban J connectivity index is 1.37. The van der Waals surface area contributed by atoms with Gasteiger partial charge in [0.1, 0.15) is 17.3 Å². The highest BCUT2D eigenvalue weighted by Gasteiger charge is 2.79. The molecule has 2 saturated carbocycles. The summed E-state index contributed by atoms with van der Waals surface area (Å²) in [5.41, 5.74) is -1.57. The van der Waals surface area contributed by atoms with Crippen LogP contribution in [-0.2, 0) is 21.4 Å². The van der Waals surface area contributed by atoms with Crippen LogP contribution >= 0.6 is 0 Å². The van der Waals surface area contributed by atoms with Gasteiger partial charge in [0.2, 0.25) is 0 Å². The standard InChI is InChI=1S/C34H35FN2O6/c1-32(2,3)31(40)43-33-14-13-22(37-29(38)20-7-5-6-8-21(20)30(37)39)28-34(33)24(35)17-36(16-18-9-10-18)25(33)15-19-11-12-23(41-4)27(42-28)26(19)34/h5-8,11-12,17-18,22,25,28H,9-10,13-16H2,1-4H3/t22-,25-,28+,33-,34+/m1/s1. The van der Waals surface area contributed by atoms with E-state index in [1.165, 1.54) is 12.0 Å². The average molecular weight is 587 g/mol. The summed E-state index contributed by atoms with van der Waals surface area (Å²) in [5, 5.41) is 0. The summed E-state index contributed by atoms with van der Waals surface area (Å²) in [6.07, 6.45) is 3.83. The van der Waals surface area contributed by atoms with Crippen LogP contribution in [0.25, 0.3) is 0 Å². The lowest BCUT2D eigenvalue weighted by molar-refractivity contribution is -0.213. The summed E-state index contributed by atoms with van der Waals surface area (Å²) in [5.74, 6) is -0.437. The van der Waals surface area contributed by atoms with Crippen LogP contribution in [0.2, 0.25) is 0 Å². The second-order valence-corrected chi connectivity index (χ2v) is 14.0. The summed E-state index contributed by atoms with van der Waals surface area (Å²) in [6, 6.07) is 9.38.